The van der Waals surface area contributed by atoms with Crippen molar-refractivity contribution in [2.75, 3.05) is 52.7 Å². The van der Waals surface area contributed by atoms with Gasteiger partial charge in [0.25, 0.3) is 11.8 Å². The summed E-state index contributed by atoms with van der Waals surface area (Å²) in [7, 11) is 0. The molecule has 0 N–H and O–H groups in total. The number of nitrogens with zero attached hydrogens (tertiary/aromatic N) is 3. The van der Waals surface area contributed by atoms with Crippen molar-refractivity contribution in [3.63, 3.8) is 0 Å². The zero-order valence-corrected chi connectivity index (χ0v) is 19.5. The number of carbonyl (C=O) groups excluding carboxylic acids is 4. The molecule has 2 amide bonds. The predicted octanol–water partition coefficient (Wildman–Crippen LogP) is -0.183. The molecule has 0 aliphatic carbocycles. The first kappa shape index (κ1) is 27.8. The average molecular weight is 536 g/mol. The number of carbonyl (C=O) groups is 4. The lowest BCUT2D eigenvalue weighted by atomic mass is 10.1. The fourth-order valence-corrected chi connectivity index (χ4v) is 3.81. The molecule has 0 saturated carbocycles. The molecule has 12 nitrogen and oxygen atoms in total. The maximum atomic E-state index is 12.7. The van der Waals surface area contributed by atoms with Crippen molar-refractivity contribution in [2.45, 2.75) is 12.7 Å². The van der Waals surface area contributed by atoms with Crippen molar-refractivity contribution in [3.8, 4) is 0 Å². The molecule has 1 fully saturated rings. The van der Waals surface area contributed by atoms with Crippen LogP contribution in [0.5, 0.6) is 0 Å². The van der Waals surface area contributed by atoms with E-state index in [1.54, 1.807) is 4.90 Å². The second-order valence-corrected chi connectivity index (χ2v) is 8.44. The Bertz CT molecular complexity index is 1050. The van der Waals surface area contributed by atoms with Gasteiger partial charge in [0, 0.05) is 32.7 Å². The number of hydrogen-bond donors (Lipinski definition) is 0. The lowest BCUT2D eigenvalue weighted by Gasteiger charge is -2.30. The van der Waals surface area contributed by atoms with Gasteiger partial charge in [0.1, 0.15) is 13.3 Å². The first-order chi connectivity index (χ1) is 17.0. The van der Waals surface area contributed by atoms with Crippen molar-refractivity contribution in [1.82, 2.24) is 14.7 Å². The van der Waals surface area contributed by atoms with Gasteiger partial charge in [-0.15, -0.1) is 0 Å². The van der Waals surface area contributed by atoms with Gasteiger partial charge in [0.15, 0.2) is 0 Å². The summed E-state index contributed by atoms with van der Waals surface area (Å²) in [6, 6.07) is 4.18. The number of alkyl halides is 3. The van der Waals surface area contributed by atoms with Crippen LogP contribution in [0.4, 0.5) is 13.2 Å². The van der Waals surface area contributed by atoms with Crippen LogP contribution in [-0.2, 0) is 41.2 Å². The maximum Gasteiger partial charge on any atom is 0.491 e. The van der Waals surface area contributed by atoms with E-state index in [2.05, 4.69) is 13.8 Å². The molecular formula is C20H21F3N3O9S-. The number of halogens is 3. The lowest BCUT2D eigenvalue weighted by Crippen LogP contribution is -2.41. The Labute approximate surface area is 205 Å². The molecule has 36 heavy (non-hydrogen) atoms. The highest BCUT2D eigenvalue weighted by Gasteiger charge is 2.44. The van der Waals surface area contributed by atoms with Gasteiger partial charge in [-0.25, -0.2) is 13.8 Å². The predicted molar refractivity (Wildman–Crippen MR) is 112 cm³/mol. The van der Waals surface area contributed by atoms with Crippen molar-refractivity contribution >= 4 is 35.1 Å². The van der Waals surface area contributed by atoms with Crippen LogP contribution in [-0.4, -0.2) is 106 Å². The van der Waals surface area contributed by atoms with Gasteiger partial charge in [0.05, 0.1) is 35.7 Å². The highest BCUT2D eigenvalue weighted by Crippen LogP contribution is 2.25. The summed E-state index contributed by atoms with van der Waals surface area (Å²) >= 11 is -2.75. The van der Waals surface area contributed by atoms with Crippen LogP contribution in [0.15, 0.2) is 18.2 Å². The highest BCUT2D eigenvalue weighted by atomic mass is 32.2. The third-order valence-electron chi connectivity index (χ3n) is 5.33. The minimum absolute atomic E-state index is 0.0875. The van der Waals surface area contributed by atoms with E-state index in [0.717, 1.165) is 0 Å². The largest absolute Gasteiger partial charge is 0.750 e. The molecule has 1 atom stereocenters. The fraction of sp³-hybridized carbons (Fsp3) is 0.500. The highest BCUT2D eigenvalue weighted by molar-refractivity contribution is 7.74. The Balaban J connectivity index is 1.66. The molecule has 16 heteroatoms. The summed E-state index contributed by atoms with van der Waals surface area (Å²) in [4.78, 5) is 51.8. The molecule has 1 unspecified atom stereocenters. The molecular weight excluding hydrogens is 515 g/mol. The molecule has 2 aliphatic heterocycles. The van der Waals surface area contributed by atoms with E-state index in [4.69, 9.17) is 4.74 Å². The number of benzene rings is 1. The Kier molecular flexibility index (Phi) is 9.26. The van der Waals surface area contributed by atoms with Gasteiger partial charge in [0.2, 0.25) is 0 Å². The summed E-state index contributed by atoms with van der Waals surface area (Å²) in [6.45, 7) is 2.27. The molecule has 2 heterocycles. The Morgan fingerprint density at radius 3 is 2.44 bits per heavy atom. The molecule has 0 radical (unpaired) electrons. The standard InChI is InChI=1S/C20H22F3N3O9S/c21-20(22,23)19(30)35-16(27)11-26-17(28)14-2-1-13(9-15(14)18(26)29)10-25(12-34-36(31)32)4-3-24-5-7-33-8-6-24/h1-2,9H,3-8,10-12H2,(H,31,32)/p-1. The number of esters is 2. The van der Waals surface area contributed by atoms with E-state index in [0.29, 0.717) is 49.9 Å². The summed E-state index contributed by atoms with van der Waals surface area (Å²) in [5.41, 5.74) is 0.318. The molecule has 1 aromatic rings. The minimum Gasteiger partial charge on any atom is -0.750 e. The zero-order chi connectivity index (χ0) is 26.5. The summed E-state index contributed by atoms with van der Waals surface area (Å²) in [6.07, 6.45) is -5.41. The number of amides is 2. The van der Waals surface area contributed by atoms with E-state index in [-0.39, 0.29) is 24.4 Å². The molecule has 0 aromatic heterocycles. The van der Waals surface area contributed by atoms with Crippen molar-refractivity contribution in [2.24, 2.45) is 0 Å². The smallest absolute Gasteiger partial charge is 0.491 e. The van der Waals surface area contributed by atoms with Crippen LogP contribution in [0.25, 0.3) is 0 Å². The number of rotatable bonds is 10. The molecule has 0 spiro atoms. The third kappa shape index (κ3) is 7.37. The number of morpholine rings is 1. The maximum absolute atomic E-state index is 12.7. The number of fused-ring (bicyclic) bond motifs is 1. The normalized spacial score (nSPS) is 17.4. The van der Waals surface area contributed by atoms with Gasteiger partial charge in [-0.3, -0.25) is 28.5 Å². The van der Waals surface area contributed by atoms with E-state index in [1.807, 2.05) is 0 Å². The summed E-state index contributed by atoms with van der Waals surface area (Å²) in [5.74, 6) is -6.37. The van der Waals surface area contributed by atoms with Crippen LogP contribution < -0.4 is 0 Å². The monoisotopic (exact) mass is 536 g/mol. The van der Waals surface area contributed by atoms with Crippen LogP contribution in [0.3, 0.4) is 0 Å². The molecule has 198 valence electrons. The third-order valence-corrected chi connectivity index (χ3v) is 5.63. The molecule has 1 saturated heterocycles. The number of imide groups is 1. The van der Waals surface area contributed by atoms with E-state index < -0.39 is 47.8 Å². The Hall–Kier alpha value is -2.76. The van der Waals surface area contributed by atoms with Crippen LogP contribution in [0.1, 0.15) is 26.3 Å². The average Bonchev–Trinajstić information content (AvgIpc) is 3.05. The topological polar surface area (TPSA) is 146 Å². The van der Waals surface area contributed by atoms with Gasteiger partial charge in [-0.05, 0) is 17.7 Å². The van der Waals surface area contributed by atoms with E-state index in [1.165, 1.54) is 18.2 Å². The molecule has 2 aliphatic rings. The van der Waals surface area contributed by atoms with Crippen molar-refractivity contribution in [3.05, 3.63) is 34.9 Å². The number of hydrogen-bond acceptors (Lipinski definition) is 11. The fourth-order valence-electron chi connectivity index (χ4n) is 3.58. The molecule has 0 bridgehead atoms. The Morgan fingerprint density at radius 2 is 1.81 bits per heavy atom. The minimum atomic E-state index is -5.41. The van der Waals surface area contributed by atoms with E-state index in [9.17, 15) is 41.1 Å². The van der Waals surface area contributed by atoms with Gasteiger partial charge in [-0.2, -0.15) is 13.2 Å². The van der Waals surface area contributed by atoms with Crippen LogP contribution in [0, 0.1) is 0 Å². The second-order valence-electron chi connectivity index (χ2n) is 7.79. The summed E-state index contributed by atoms with van der Waals surface area (Å²) in [5, 5.41) is 0. The summed E-state index contributed by atoms with van der Waals surface area (Å²) < 4.78 is 72.1. The first-order valence-corrected chi connectivity index (χ1v) is 11.5. The zero-order valence-electron chi connectivity index (χ0n) is 18.7. The Morgan fingerprint density at radius 1 is 1.14 bits per heavy atom. The van der Waals surface area contributed by atoms with Gasteiger partial charge in [-0.1, -0.05) is 6.07 Å². The number of ether oxygens (including phenoxy) is 2. The van der Waals surface area contributed by atoms with Gasteiger partial charge < -0.3 is 14.0 Å². The van der Waals surface area contributed by atoms with Gasteiger partial charge >= 0.3 is 18.1 Å². The van der Waals surface area contributed by atoms with Crippen LogP contribution in [0.2, 0.25) is 0 Å². The van der Waals surface area contributed by atoms with E-state index >= 15 is 0 Å². The lowest BCUT2D eigenvalue weighted by molar-refractivity contribution is -0.201. The molecule has 3 rings (SSSR count). The second kappa shape index (κ2) is 12.0. The van der Waals surface area contributed by atoms with Crippen molar-refractivity contribution < 1.29 is 54.8 Å². The van der Waals surface area contributed by atoms with Crippen molar-refractivity contribution in [1.29, 1.82) is 0 Å². The first-order valence-electron chi connectivity index (χ1n) is 10.5. The van der Waals surface area contributed by atoms with Crippen LogP contribution >= 0.6 is 0 Å². The SMILES string of the molecule is O=C(CN1C(=O)c2ccc(CN(CCN3CCOCC3)COS(=O)[O-])cc2C1=O)OC(=O)C(F)(F)F. The quantitative estimate of drug-likeness (QED) is 0.129. The molecule has 1 aromatic carbocycles.